The fraction of sp³-hybridized carbons (Fsp3) is 0.474. The molecule has 0 unspecified atom stereocenters. The summed E-state index contributed by atoms with van der Waals surface area (Å²) in [4.78, 5) is 64.9. The lowest BCUT2D eigenvalue weighted by molar-refractivity contribution is -0.145. The highest BCUT2D eigenvalue weighted by atomic mass is 16.6. The van der Waals surface area contributed by atoms with Crippen LogP contribution in [0.5, 0.6) is 11.6 Å². The van der Waals surface area contributed by atoms with Crippen molar-refractivity contribution in [1.29, 1.82) is 0 Å². The lowest BCUT2D eigenvalue weighted by atomic mass is 10.0. The Morgan fingerprint density at radius 2 is 1.75 bits per heavy atom. The van der Waals surface area contributed by atoms with Crippen LogP contribution in [-0.4, -0.2) is 86.8 Å². The van der Waals surface area contributed by atoms with E-state index in [1.165, 1.54) is 4.90 Å². The zero-order valence-corrected chi connectivity index (χ0v) is 29.4. The second-order valence-electron chi connectivity index (χ2n) is 14.4. The largest absolute Gasteiger partial charge is 0.497 e. The molecule has 0 radical (unpaired) electrons. The lowest BCUT2D eigenvalue weighted by Crippen LogP contribution is -2.56. The topological polar surface area (TPSA) is 169 Å². The molecule has 6 rings (SSSR count). The molecule has 1 saturated carbocycles. The van der Waals surface area contributed by atoms with E-state index in [2.05, 4.69) is 10.6 Å². The van der Waals surface area contributed by atoms with Crippen molar-refractivity contribution in [3.63, 3.8) is 0 Å². The van der Waals surface area contributed by atoms with Crippen LogP contribution in [0, 0.1) is 5.92 Å². The molecule has 270 valence electrons. The van der Waals surface area contributed by atoms with Crippen LogP contribution in [0.25, 0.3) is 22.3 Å². The van der Waals surface area contributed by atoms with Crippen molar-refractivity contribution in [3.05, 3.63) is 60.7 Å². The van der Waals surface area contributed by atoms with E-state index in [1.807, 2.05) is 60.7 Å². The van der Waals surface area contributed by atoms with Crippen molar-refractivity contribution in [2.45, 2.75) is 95.0 Å². The Bertz CT molecular complexity index is 1820. The number of allylic oxidation sites excluding steroid dienone is 1. The maximum Gasteiger partial charge on any atom is 0.408 e. The molecule has 0 bridgehead atoms. The van der Waals surface area contributed by atoms with Crippen LogP contribution in [0.15, 0.2) is 60.7 Å². The first-order chi connectivity index (χ1) is 24.4. The number of benzene rings is 2. The smallest absolute Gasteiger partial charge is 0.408 e. The van der Waals surface area contributed by atoms with Gasteiger partial charge in [-0.2, -0.15) is 0 Å². The van der Waals surface area contributed by atoms with Gasteiger partial charge in [0.1, 0.15) is 40.8 Å². The van der Waals surface area contributed by atoms with Gasteiger partial charge >= 0.3 is 12.1 Å². The SMILES string of the molecule is COc1ccc(-c2nc3ccccc3nc2O[C@@H]2C[C@H]3C(=O)N[C@]4(C(=O)O)C[C@@H]4/C=C\CCCCC[C@H](NC(=O)OC(C)(C)C)C(=O)N3C2)cc1. The van der Waals surface area contributed by atoms with Crippen LogP contribution in [-0.2, 0) is 19.1 Å². The van der Waals surface area contributed by atoms with Gasteiger partial charge in [-0.3, -0.25) is 9.59 Å². The third-order valence-electron chi connectivity index (χ3n) is 9.49. The van der Waals surface area contributed by atoms with E-state index in [0.717, 1.165) is 24.8 Å². The van der Waals surface area contributed by atoms with Crippen molar-refractivity contribution in [3.8, 4) is 22.9 Å². The Balaban J connectivity index is 1.34. The van der Waals surface area contributed by atoms with Gasteiger partial charge in [0.2, 0.25) is 17.7 Å². The molecule has 5 atom stereocenters. The highest BCUT2D eigenvalue weighted by molar-refractivity contribution is 5.96. The monoisotopic (exact) mass is 699 g/mol. The summed E-state index contributed by atoms with van der Waals surface area (Å²) in [7, 11) is 1.58. The number of carboxylic acid groups (broad SMARTS) is 1. The van der Waals surface area contributed by atoms with Crippen LogP contribution in [0.3, 0.4) is 0 Å². The van der Waals surface area contributed by atoms with Gasteiger partial charge in [0.25, 0.3) is 0 Å². The number of rotatable bonds is 6. The molecule has 1 aliphatic carbocycles. The van der Waals surface area contributed by atoms with Crippen LogP contribution in [0.1, 0.15) is 65.7 Å². The van der Waals surface area contributed by atoms with Gasteiger partial charge in [-0.15, -0.1) is 0 Å². The number of carboxylic acids is 1. The standard InChI is InChI=1S/C38H45N5O8/c1-37(2,3)51-36(48)41-29-15-9-7-5-6-8-12-24-21-38(24,35(46)47)42-32(44)30-20-26(22-43(30)34(29)45)50-33-31(23-16-18-25(49-4)19-17-23)39-27-13-10-11-14-28(27)40-33/h8,10-14,16-19,24,26,29-30H,5-7,9,15,20-22H2,1-4H3,(H,41,48)(H,42,44)(H,46,47)/b12-8-/t24-,26+,29-,30-,38+/m0/s1. The molecule has 3 amide bonds. The first-order valence-electron chi connectivity index (χ1n) is 17.5. The minimum atomic E-state index is -1.46. The van der Waals surface area contributed by atoms with E-state index < -0.39 is 53.2 Å². The van der Waals surface area contributed by atoms with Gasteiger partial charge in [-0.1, -0.05) is 37.1 Å². The molecule has 3 N–H and O–H groups in total. The van der Waals surface area contributed by atoms with E-state index >= 15 is 0 Å². The average Bonchev–Trinajstić information content (AvgIpc) is 3.63. The average molecular weight is 700 g/mol. The molecular weight excluding hydrogens is 654 g/mol. The summed E-state index contributed by atoms with van der Waals surface area (Å²) < 4.78 is 17.4. The third kappa shape index (κ3) is 8.08. The molecule has 0 spiro atoms. The third-order valence-corrected chi connectivity index (χ3v) is 9.49. The first kappa shape index (κ1) is 35.6. The maximum absolute atomic E-state index is 14.4. The molecule has 1 saturated heterocycles. The Morgan fingerprint density at radius 1 is 1.02 bits per heavy atom. The Hall–Kier alpha value is -5.20. The van der Waals surface area contributed by atoms with Crippen LogP contribution in [0.2, 0.25) is 0 Å². The molecule has 3 aliphatic rings. The number of nitrogens with one attached hydrogen (secondary N) is 2. The highest BCUT2D eigenvalue weighted by Crippen LogP contribution is 2.45. The first-order valence-corrected chi connectivity index (χ1v) is 17.5. The molecule has 13 heteroatoms. The molecule has 3 heterocycles. The minimum absolute atomic E-state index is 0.0105. The highest BCUT2D eigenvalue weighted by Gasteiger charge is 2.61. The summed E-state index contributed by atoms with van der Waals surface area (Å²) in [6.45, 7) is 5.20. The Morgan fingerprint density at radius 3 is 2.43 bits per heavy atom. The number of para-hydroxylation sites is 2. The molecule has 13 nitrogen and oxygen atoms in total. The number of amides is 3. The number of fused-ring (bicyclic) bond motifs is 3. The Kier molecular flexibility index (Phi) is 10.2. The van der Waals surface area contributed by atoms with Crippen molar-refractivity contribution < 1.29 is 38.5 Å². The molecule has 2 fully saturated rings. The van der Waals surface area contributed by atoms with Crippen LogP contribution < -0.4 is 20.1 Å². The number of alkyl carbamates (subject to hydrolysis) is 1. The quantitative estimate of drug-likeness (QED) is 0.297. The van der Waals surface area contributed by atoms with Crippen LogP contribution >= 0.6 is 0 Å². The molecule has 1 aromatic heterocycles. The van der Waals surface area contributed by atoms with E-state index in [-0.39, 0.29) is 31.2 Å². The Labute approximate surface area is 296 Å². The van der Waals surface area contributed by atoms with Gasteiger partial charge in [0.05, 0.1) is 24.7 Å². The normalized spacial score (nSPS) is 26.1. The number of aromatic nitrogens is 2. The van der Waals surface area contributed by atoms with Gasteiger partial charge in [0.15, 0.2) is 0 Å². The van der Waals surface area contributed by atoms with Crippen molar-refractivity contribution in [1.82, 2.24) is 25.5 Å². The number of ether oxygens (including phenoxy) is 3. The number of carbonyl (C=O) groups excluding carboxylic acids is 3. The minimum Gasteiger partial charge on any atom is -0.497 e. The number of hydrogen-bond donors (Lipinski definition) is 3. The second-order valence-corrected chi connectivity index (χ2v) is 14.4. The molecule has 3 aromatic rings. The number of nitrogens with zero attached hydrogens (tertiary/aromatic N) is 3. The zero-order valence-electron chi connectivity index (χ0n) is 29.4. The summed E-state index contributed by atoms with van der Waals surface area (Å²) >= 11 is 0. The summed E-state index contributed by atoms with van der Waals surface area (Å²) in [5.41, 5.74) is 0.211. The van der Waals surface area contributed by atoms with E-state index in [0.29, 0.717) is 35.3 Å². The summed E-state index contributed by atoms with van der Waals surface area (Å²) in [5, 5.41) is 15.7. The summed E-state index contributed by atoms with van der Waals surface area (Å²) in [6.07, 6.45) is 6.02. The molecule has 2 aromatic carbocycles. The second kappa shape index (κ2) is 14.6. The number of aliphatic carboxylic acids is 1. The van der Waals surface area contributed by atoms with Crippen molar-refractivity contribution >= 4 is 34.9 Å². The molecule has 2 aliphatic heterocycles. The van der Waals surface area contributed by atoms with Gasteiger partial charge in [-0.25, -0.2) is 19.6 Å². The van der Waals surface area contributed by atoms with E-state index in [9.17, 15) is 24.3 Å². The number of methoxy groups -OCH3 is 1. The zero-order chi connectivity index (χ0) is 36.3. The predicted molar refractivity (Wildman–Crippen MR) is 188 cm³/mol. The van der Waals surface area contributed by atoms with E-state index in [1.54, 1.807) is 27.9 Å². The number of carbonyl (C=O) groups is 4. The van der Waals surface area contributed by atoms with Crippen molar-refractivity contribution in [2.75, 3.05) is 13.7 Å². The van der Waals surface area contributed by atoms with Gasteiger partial charge in [-0.05, 0) is 82.9 Å². The lowest BCUT2D eigenvalue weighted by Gasteiger charge is -2.30. The van der Waals surface area contributed by atoms with Gasteiger partial charge < -0.3 is 34.9 Å². The van der Waals surface area contributed by atoms with E-state index in [4.69, 9.17) is 24.2 Å². The van der Waals surface area contributed by atoms with Crippen LogP contribution in [0.4, 0.5) is 4.79 Å². The summed E-state index contributed by atoms with van der Waals surface area (Å²) in [5.74, 6) is -1.67. The van der Waals surface area contributed by atoms with Crippen molar-refractivity contribution in [2.24, 2.45) is 5.92 Å². The predicted octanol–water partition coefficient (Wildman–Crippen LogP) is 5.03. The molecular formula is C38H45N5O8. The molecule has 51 heavy (non-hydrogen) atoms. The fourth-order valence-electron chi connectivity index (χ4n) is 6.76. The van der Waals surface area contributed by atoms with Gasteiger partial charge in [0, 0.05) is 17.9 Å². The maximum atomic E-state index is 14.4. The number of hydrogen-bond acceptors (Lipinski definition) is 9. The fourth-order valence-corrected chi connectivity index (χ4v) is 6.76. The summed E-state index contributed by atoms with van der Waals surface area (Å²) in [6, 6.07) is 12.6.